The van der Waals surface area contributed by atoms with Crippen LogP contribution in [0.5, 0.6) is 0 Å². The van der Waals surface area contributed by atoms with E-state index < -0.39 is 11.7 Å². The summed E-state index contributed by atoms with van der Waals surface area (Å²) in [6, 6.07) is 13.4. The number of aromatic nitrogens is 2. The van der Waals surface area contributed by atoms with Gasteiger partial charge in [-0.05, 0) is 48.9 Å². The number of carbonyl (C=O) groups is 1. The van der Waals surface area contributed by atoms with Gasteiger partial charge in [-0.25, -0.2) is 9.07 Å². The maximum atomic E-state index is 13.6. The summed E-state index contributed by atoms with van der Waals surface area (Å²) in [5, 5.41) is 10.7. The zero-order chi connectivity index (χ0) is 19.2. The number of anilines is 1. The Bertz CT molecular complexity index is 956. The molecule has 0 radical (unpaired) electrons. The van der Waals surface area contributed by atoms with Crippen molar-refractivity contribution in [2.75, 3.05) is 11.9 Å². The molecule has 0 aliphatic heterocycles. The summed E-state index contributed by atoms with van der Waals surface area (Å²) >= 11 is 5.67. The number of oxime groups is 1. The molecule has 0 aliphatic rings. The summed E-state index contributed by atoms with van der Waals surface area (Å²) in [5.41, 5.74) is 2.40. The molecule has 0 aliphatic carbocycles. The van der Waals surface area contributed by atoms with E-state index in [1.807, 2.05) is 36.5 Å². The molecule has 0 fully saturated rings. The van der Waals surface area contributed by atoms with Gasteiger partial charge >= 0.3 is 0 Å². The zero-order valence-electron chi connectivity index (χ0n) is 14.4. The molecule has 3 aromatic rings. The van der Waals surface area contributed by atoms with Crippen LogP contribution in [0.4, 0.5) is 10.1 Å². The SMILES string of the molecule is CC(=NOCC(=O)Nc1ccc(Cl)cc1F)c1ccc(-n2cccn2)cc1. The van der Waals surface area contributed by atoms with E-state index in [0.29, 0.717) is 5.71 Å². The van der Waals surface area contributed by atoms with Crippen molar-refractivity contribution in [3.05, 3.63) is 77.3 Å². The molecule has 0 unspecified atom stereocenters. The van der Waals surface area contributed by atoms with Gasteiger partial charge in [0.2, 0.25) is 0 Å². The second kappa shape index (κ2) is 8.46. The van der Waals surface area contributed by atoms with E-state index in [4.69, 9.17) is 16.4 Å². The highest BCUT2D eigenvalue weighted by Gasteiger charge is 2.08. The van der Waals surface area contributed by atoms with Crippen LogP contribution in [0.3, 0.4) is 0 Å². The summed E-state index contributed by atoms with van der Waals surface area (Å²) in [7, 11) is 0. The largest absolute Gasteiger partial charge is 0.385 e. The number of nitrogens with one attached hydrogen (secondary N) is 1. The van der Waals surface area contributed by atoms with Crippen LogP contribution in [-0.4, -0.2) is 28.0 Å². The van der Waals surface area contributed by atoms with Crippen LogP contribution in [0.25, 0.3) is 5.69 Å². The van der Waals surface area contributed by atoms with Crippen LogP contribution >= 0.6 is 11.6 Å². The van der Waals surface area contributed by atoms with Gasteiger partial charge in [-0.2, -0.15) is 5.10 Å². The quantitative estimate of drug-likeness (QED) is 0.513. The average molecular weight is 387 g/mol. The number of carbonyl (C=O) groups excluding carboxylic acids is 1. The molecule has 0 spiro atoms. The van der Waals surface area contributed by atoms with Crippen LogP contribution < -0.4 is 5.32 Å². The Morgan fingerprint density at radius 1 is 1.30 bits per heavy atom. The van der Waals surface area contributed by atoms with Crippen molar-refractivity contribution in [1.29, 1.82) is 0 Å². The van der Waals surface area contributed by atoms with Gasteiger partial charge in [-0.3, -0.25) is 4.79 Å². The van der Waals surface area contributed by atoms with Crippen LogP contribution in [0.1, 0.15) is 12.5 Å². The number of halogens is 2. The maximum absolute atomic E-state index is 13.6. The summed E-state index contributed by atoms with van der Waals surface area (Å²) in [6.07, 6.45) is 3.55. The van der Waals surface area contributed by atoms with Crippen molar-refractivity contribution >= 4 is 28.9 Å². The molecule has 138 valence electrons. The highest BCUT2D eigenvalue weighted by atomic mass is 35.5. The highest BCUT2D eigenvalue weighted by Crippen LogP contribution is 2.18. The fourth-order valence-corrected chi connectivity index (χ4v) is 2.45. The molecular formula is C19H16ClFN4O2. The first-order valence-corrected chi connectivity index (χ1v) is 8.42. The van der Waals surface area contributed by atoms with E-state index in [0.717, 1.165) is 17.3 Å². The van der Waals surface area contributed by atoms with Gasteiger partial charge < -0.3 is 10.2 Å². The third kappa shape index (κ3) is 4.92. The predicted octanol–water partition coefficient (Wildman–Crippen LogP) is 4.04. The second-order valence-electron chi connectivity index (χ2n) is 5.62. The van der Waals surface area contributed by atoms with Crippen LogP contribution in [0, 0.1) is 5.82 Å². The van der Waals surface area contributed by atoms with Crippen molar-refractivity contribution < 1.29 is 14.0 Å². The molecule has 1 heterocycles. The fourth-order valence-electron chi connectivity index (χ4n) is 2.29. The molecule has 0 saturated heterocycles. The van der Waals surface area contributed by atoms with E-state index in [9.17, 15) is 9.18 Å². The minimum atomic E-state index is -0.618. The van der Waals surface area contributed by atoms with Gasteiger partial charge in [-0.1, -0.05) is 28.9 Å². The molecule has 27 heavy (non-hydrogen) atoms. The van der Waals surface area contributed by atoms with Gasteiger partial charge in [0.25, 0.3) is 5.91 Å². The van der Waals surface area contributed by atoms with Crippen LogP contribution in [0.2, 0.25) is 5.02 Å². The Kier molecular flexibility index (Phi) is 5.83. The summed E-state index contributed by atoms with van der Waals surface area (Å²) < 4.78 is 15.4. The summed E-state index contributed by atoms with van der Waals surface area (Å²) in [6.45, 7) is 1.42. The first kappa shape index (κ1) is 18.6. The molecule has 6 nitrogen and oxygen atoms in total. The Morgan fingerprint density at radius 3 is 2.74 bits per heavy atom. The normalized spacial score (nSPS) is 11.3. The van der Waals surface area contributed by atoms with Gasteiger partial charge in [-0.15, -0.1) is 0 Å². The first-order valence-electron chi connectivity index (χ1n) is 8.05. The standard InChI is InChI=1S/C19H16ClFN4O2/c1-13(14-3-6-16(7-4-14)25-10-2-9-22-25)24-27-12-19(26)23-18-8-5-15(20)11-17(18)21/h2-11H,12H2,1H3,(H,23,26). The number of rotatable bonds is 6. The highest BCUT2D eigenvalue weighted by molar-refractivity contribution is 6.30. The minimum absolute atomic E-state index is 0.0305. The smallest absolute Gasteiger partial charge is 0.265 e. The molecule has 0 saturated carbocycles. The second-order valence-corrected chi connectivity index (χ2v) is 6.06. The summed E-state index contributed by atoms with van der Waals surface area (Å²) in [4.78, 5) is 16.9. The molecule has 0 bridgehead atoms. The van der Waals surface area contributed by atoms with Crippen molar-refractivity contribution in [2.45, 2.75) is 6.92 Å². The van der Waals surface area contributed by atoms with Crippen molar-refractivity contribution in [3.63, 3.8) is 0 Å². The lowest BCUT2D eigenvalue weighted by molar-refractivity contribution is -0.120. The maximum Gasteiger partial charge on any atom is 0.265 e. The van der Waals surface area contributed by atoms with E-state index in [2.05, 4.69) is 15.6 Å². The number of hydrogen-bond donors (Lipinski definition) is 1. The fraction of sp³-hybridized carbons (Fsp3) is 0.105. The van der Waals surface area contributed by atoms with E-state index in [-0.39, 0.29) is 17.3 Å². The van der Waals surface area contributed by atoms with Crippen LogP contribution in [0.15, 0.2) is 66.1 Å². The van der Waals surface area contributed by atoms with Crippen molar-refractivity contribution in [1.82, 2.24) is 9.78 Å². The Morgan fingerprint density at radius 2 is 2.07 bits per heavy atom. The molecule has 2 aromatic carbocycles. The minimum Gasteiger partial charge on any atom is -0.385 e. The monoisotopic (exact) mass is 386 g/mol. The van der Waals surface area contributed by atoms with Crippen molar-refractivity contribution in [2.24, 2.45) is 5.16 Å². The van der Waals surface area contributed by atoms with Gasteiger partial charge in [0.1, 0.15) is 5.82 Å². The molecule has 0 atom stereocenters. The average Bonchev–Trinajstić information content (AvgIpc) is 3.19. The third-order valence-corrected chi connectivity index (χ3v) is 3.89. The van der Waals surface area contributed by atoms with Gasteiger partial charge in [0.05, 0.1) is 17.1 Å². The van der Waals surface area contributed by atoms with Crippen molar-refractivity contribution in [3.8, 4) is 5.69 Å². The summed E-state index contributed by atoms with van der Waals surface area (Å²) in [5.74, 6) is -1.14. The molecule has 1 aromatic heterocycles. The van der Waals surface area contributed by atoms with E-state index in [1.165, 1.54) is 12.1 Å². The molecule has 3 rings (SSSR count). The number of nitrogens with zero attached hydrogens (tertiary/aromatic N) is 3. The number of amides is 1. The topological polar surface area (TPSA) is 68.5 Å². The van der Waals surface area contributed by atoms with Crippen LogP contribution in [-0.2, 0) is 9.63 Å². The molecule has 8 heteroatoms. The lowest BCUT2D eigenvalue weighted by Crippen LogP contribution is -2.18. The lowest BCUT2D eigenvalue weighted by Gasteiger charge is -2.07. The first-order chi connectivity index (χ1) is 13.0. The number of hydrogen-bond acceptors (Lipinski definition) is 4. The zero-order valence-corrected chi connectivity index (χ0v) is 15.2. The number of benzene rings is 2. The van der Waals surface area contributed by atoms with E-state index >= 15 is 0 Å². The van der Waals surface area contributed by atoms with Gasteiger partial charge in [0.15, 0.2) is 6.61 Å². The lowest BCUT2D eigenvalue weighted by atomic mass is 10.1. The van der Waals surface area contributed by atoms with Gasteiger partial charge in [0, 0.05) is 17.4 Å². The Labute approximate surface area is 160 Å². The molecule has 1 amide bonds. The Hall–Kier alpha value is -3.19. The predicted molar refractivity (Wildman–Crippen MR) is 102 cm³/mol. The third-order valence-electron chi connectivity index (χ3n) is 3.66. The van der Waals surface area contributed by atoms with E-state index in [1.54, 1.807) is 17.8 Å². The molecule has 1 N–H and O–H groups in total. The molecular weight excluding hydrogens is 371 g/mol. The Balaban J connectivity index is 1.55.